The van der Waals surface area contributed by atoms with Crippen LogP contribution in [0, 0.1) is 0 Å². The summed E-state index contributed by atoms with van der Waals surface area (Å²) in [7, 11) is -3.63. The fourth-order valence-corrected chi connectivity index (χ4v) is 2.66. The first kappa shape index (κ1) is 13.0. The van der Waals surface area contributed by atoms with Crippen LogP contribution in [0.4, 0.5) is 0 Å². The van der Waals surface area contributed by atoms with Crippen molar-refractivity contribution in [2.24, 2.45) is 0 Å². The number of halogens is 1. The van der Waals surface area contributed by atoms with E-state index in [1.807, 2.05) is 0 Å². The Hall–Kier alpha value is -1.44. The van der Waals surface area contributed by atoms with E-state index >= 15 is 0 Å². The van der Waals surface area contributed by atoms with Crippen molar-refractivity contribution >= 4 is 21.6 Å². The van der Waals surface area contributed by atoms with E-state index in [4.69, 9.17) is 11.6 Å². The second kappa shape index (κ2) is 5.05. The molecule has 0 radical (unpaired) electrons. The smallest absolute Gasteiger partial charge is 0.242 e. The summed E-state index contributed by atoms with van der Waals surface area (Å²) in [5.74, 6) is 0.542. The first-order valence-electron chi connectivity index (χ1n) is 5.12. The second-order valence-corrected chi connectivity index (χ2v) is 5.74. The van der Waals surface area contributed by atoms with Crippen LogP contribution in [-0.2, 0) is 10.0 Å². The highest BCUT2D eigenvalue weighted by molar-refractivity contribution is 7.89. The van der Waals surface area contributed by atoms with Crippen molar-refractivity contribution in [3.63, 3.8) is 0 Å². The molecule has 2 N–H and O–H groups in total. The van der Waals surface area contributed by atoms with Gasteiger partial charge in [-0.1, -0.05) is 11.6 Å². The molecule has 0 bridgehead atoms. The average Bonchev–Trinajstić information content (AvgIpc) is 2.82. The summed E-state index contributed by atoms with van der Waals surface area (Å²) in [5, 5.41) is 0.244. The fraction of sp³-hybridized carbons (Fsp3) is 0.200. The van der Waals surface area contributed by atoms with E-state index < -0.39 is 16.1 Å². The van der Waals surface area contributed by atoms with Crippen molar-refractivity contribution in [2.75, 3.05) is 0 Å². The Morgan fingerprint density at radius 1 is 1.39 bits per heavy atom. The third-order valence-corrected chi connectivity index (χ3v) is 4.02. The zero-order chi connectivity index (χ0) is 13.2. The Labute approximate surface area is 109 Å². The maximum Gasteiger partial charge on any atom is 0.242 e. The lowest BCUT2D eigenvalue weighted by Gasteiger charge is -2.11. The maximum atomic E-state index is 12.0. The highest BCUT2D eigenvalue weighted by atomic mass is 35.5. The van der Waals surface area contributed by atoms with Gasteiger partial charge in [0, 0.05) is 18.6 Å². The van der Waals surface area contributed by atoms with E-state index in [1.54, 1.807) is 19.3 Å². The van der Waals surface area contributed by atoms with Gasteiger partial charge in [0.05, 0.1) is 6.04 Å². The molecule has 1 atom stereocenters. The normalized spacial score (nSPS) is 13.4. The van der Waals surface area contributed by atoms with Crippen molar-refractivity contribution < 1.29 is 8.42 Å². The van der Waals surface area contributed by atoms with Crippen molar-refractivity contribution in [2.45, 2.75) is 17.9 Å². The number of nitrogens with one attached hydrogen (secondary N) is 2. The highest BCUT2D eigenvalue weighted by Crippen LogP contribution is 2.14. The molecule has 0 aliphatic heterocycles. The Bertz CT molecular complexity index is 610. The van der Waals surface area contributed by atoms with Gasteiger partial charge in [-0.05, 0) is 19.1 Å². The molecule has 0 spiro atoms. The fourth-order valence-electron chi connectivity index (χ4n) is 1.39. The molecule has 0 aliphatic rings. The molecule has 6 nitrogen and oxygen atoms in total. The van der Waals surface area contributed by atoms with Gasteiger partial charge in [0.2, 0.25) is 10.0 Å². The molecular weight excluding hydrogens is 276 g/mol. The number of nitrogens with zero attached hydrogens (tertiary/aromatic N) is 2. The number of imidazole rings is 1. The van der Waals surface area contributed by atoms with E-state index in [1.165, 1.54) is 18.3 Å². The summed E-state index contributed by atoms with van der Waals surface area (Å²) in [5.41, 5.74) is 0. The summed E-state index contributed by atoms with van der Waals surface area (Å²) in [4.78, 5) is 10.6. The number of aromatic amines is 1. The molecule has 2 rings (SSSR count). The lowest BCUT2D eigenvalue weighted by Crippen LogP contribution is -2.27. The average molecular weight is 287 g/mol. The zero-order valence-corrected chi connectivity index (χ0v) is 11.0. The van der Waals surface area contributed by atoms with Crippen LogP contribution in [0.2, 0.25) is 5.15 Å². The van der Waals surface area contributed by atoms with E-state index in [2.05, 4.69) is 19.7 Å². The van der Waals surface area contributed by atoms with Crippen molar-refractivity contribution in [3.05, 3.63) is 41.7 Å². The molecule has 0 amide bonds. The first-order chi connectivity index (χ1) is 8.49. The predicted octanol–water partition coefficient (Wildman–Crippen LogP) is 1.50. The van der Waals surface area contributed by atoms with E-state index in [9.17, 15) is 8.42 Å². The van der Waals surface area contributed by atoms with Crippen LogP contribution in [-0.4, -0.2) is 23.4 Å². The van der Waals surface area contributed by atoms with Gasteiger partial charge in [-0.2, -0.15) is 0 Å². The van der Waals surface area contributed by atoms with Crippen molar-refractivity contribution in [1.82, 2.24) is 19.7 Å². The number of H-pyrrole nitrogens is 1. The standard InChI is InChI=1S/C10H11ClN4O2S/c1-7(10-12-4-5-13-10)15-18(16,17)8-2-3-9(11)14-6-8/h2-7,15H,1H3,(H,12,13). The topological polar surface area (TPSA) is 87.7 Å². The summed E-state index contributed by atoms with van der Waals surface area (Å²) in [6.45, 7) is 1.69. The number of sulfonamides is 1. The molecule has 2 aromatic heterocycles. The lowest BCUT2D eigenvalue weighted by molar-refractivity contribution is 0.561. The minimum absolute atomic E-state index is 0.0605. The molecule has 0 aromatic carbocycles. The predicted molar refractivity (Wildman–Crippen MR) is 66.6 cm³/mol. The molecule has 0 saturated heterocycles. The Kier molecular flexibility index (Phi) is 3.65. The van der Waals surface area contributed by atoms with Crippen LogP contribution in [0.1, 0.15) is 18.8 Å². The summed E-state index contributed by atoms with van der Waals surface area (Å²) < 4.78 is 26.5. The molecule has 2 aromatic rings. The molecule has 18 heavy (non-hydrogen) atoms. The highest BCUT2D eigenvalue weighted by Gasteiger charge is 2.19. The van der Waals surface area contributed by atoms with Crippen molar-refractivity contribution in [3.8, 4) is 0 Å². The van der Waals surface area contributed by atoms with Crippen LogP contribution in [0.15, 0.2) is 35.6 Å². The van der Waals surface area contributed by atoms with Gasteiger partial charge in [-0.25, -0.2) is 23.1 Å². The number of hydrogen-bond donors (Lipinski definition) is 2. The lowest BCUT2D eigenvalue weighted by atomic mass is 10.3. The number of pyridine rings is 1. The summed E-state index contributed by atoms with van der Waals surface area (Å²) in [6.07, 6.45) is 4.40. The largest absolute Gasteiger partial charge is 0.347 e. The third kappa shape index (κ3) is 2.87. The quantitative estimate of drug-likeness (QED) is 0.834. The van der Waals surface area contributed by atoms with Gasteiger partial charge < -0.3 is 4.98 Å². The molecule has 0 saturated carbocycles. The molecule has 8 heteroatoms. The molecule has 96 valence electrons. The number of rotatable bonds is 4. The first-order valence-corrected chi connectivity index (χ1v) is 6.98. The van der Waals surface area contributed by atoms with Crippen molar-refractivity contribution in [1.29, 1.82) is 0 Å². The van der Waals surface area contributed by atoms with Crippen LogP contribution < -0.4 is 4.72 Å². The minimum atomic E-state index is -3.63. The Balaban J connectivity index is 2.20. The molecular formula is C10H11ClN4O2S. The van der Waals surface area contributed by atoms with Crippen LogP contribution in [0.25, 0.3) is 0 Å². The maximum absolute atomic E-state index is 12.0. The zero-order valence-electron chi connectivity index (χ0n) is 9.46. The van der Waals surface area contributed by atoms with Gasteiger partial charge >= 0.3 is 0 Å². The van der Waals surface area contributed by atoms with Crippen LogP contribution in [0.3, 0.4) is 0 Å². The number of aromatic nitrogens is 3. The molecule has 0 aliphatic carbocycles. The molecule has 1 unspecified atom stereocenters. The third-order valence-electron chi connectivity index (χ3n) is 2.27. The van der Waals surface area contributed by atoms with Gasteiger partial charge in [0.25, 0.3) is 0 Å². The van der Waals surface area contributed by atoms with E-state index in [-0.39, 0.29) is 10.0 Å². The molecule has 0 fully saturated rings. The van der Waals surface area contributed by atoms with Gasteiger partial charge in [0.1, 0.15) is 15.9 Å². The SMILES string of the molecule is CC(NS(=O)(=O)c1ccc(Cl)nc1)c1ncc[nH]1. The minimum Gasteiger partial charge on any atom is -0.347 e. The Morgan fingerprint density at radius 3 is 2.72 bits per heavy atom. The van der Waals surface area contributed by atoms with E-state index in [0.717, 1.165) is 0 Å². The van der Waals surface area contributed by atoms with Gasteiger partial charge in [0.15, 0.2) is 0 Å². The summed E-state index contributed by atoms with van der Waals surface area (Å²) >= 11 is 5.61. The van der Waals surface area contributed by atoms with Gasteiger partial charge in [-0.3, -0.25) is 0 Å². The van der Waals surface area contributed by atoms with Gasteiger partial charge in [-0.15, -0.1) is 0 Å². The summed E-state index contributed by atoms with van der Waals surface area (Å²) in [6, 6.07) is 2.36. The second-order valence-electron chi connectivity index (χ2n) is 3.63. The van der Waals surface area contributed by atoms with Crippen LogP contribution in [0.5, 0.6) is 0 Å². The number of hydrogen-bond acceptors (Lipinski definition) is 4. The Morgan fingerprint density at radius 2 is 2.17 bits per heavy atom. The van der Waals surface area contributed by atoms with E-state index in [0.29, 0.717) is 5.82 Å². The monoisotopic (exact) mass is 286 g/mol. The van der Waals surface area contributed by atoms with Crippen LogP contribution >= 0.6 is 11.6 Å². The molecule has 2 heterocycles.